The number of aliphatic hydroxyl groups excluding tert-OH is 1. The maximum Gasteiger partial charge on any atom is 0.353 e. The largest absolute Gasteiger partial charge is 0.477 e. The number of carboxylic acids is 1. The van der Waals surface area contributed by atoms with Crippen molar-refractivity contribution in [3.8, 4) is 0 Å². The first-order valence-electron chi connectivity index (χ1n) is 9.19. The number of pyridine rings is 1. The zero-order valence-electron chi connectivity index (χ0n) is 15.4. The summed E-state index contributed by atoms with van der Waals surface area (Å²) in [5, 5.41) is 18.8. The van der Waals surface area contributed by atoms with Crippen LogP contribution in [0.15, 0.2) is 35.1 Å². The number of hydrogen-bond acceptors (Lipinski definition) is 6. The normalized spacial score (nSPS) is 24.0. The maximum atomic E-state index is 12.3. The van der Waals surface area contributed by atoms with Gasteiger partial charge < -0.3 is 25.2 Å². The molecular weight excluding hydrogens is 380 g/mol. The molecule has 8 nitrogen and oxygen atoms in total. The van der Waals surface area contributed by atoms with Crippen LogP contribution < -0.4 is 5.73 Å². The van der Waals surface area contributed by atoms with Gasteiger partial charge in [-0.05, 0) is 18.6 Å². The predicted octanol–water partition coefficient (Wildman–Crippen LogP) is 1.35. The third-order valence-electron chi connectivity index (χ3n) is 5.45. The highest BCUT2D eigenvalue weighted by molar-refractivity contribution is 8.03. The lowest BCUT2D eigenvalue weighted by atomic mass is 9.80. The molecule has 0 radical (unpaired) electrons. The van der Waals surface area contributed by atoms with Crippen molar-refractivity contribution in [1.82, 2.24) is 14.3 Å². The number of carbonyl (C=O) groups is 2. The average molecular weight is 402 g/mol. The molecule has 0 spiro atoms. The van der Waals surface area contributed by atoms with E-state index in [0.29, 0.717) is 24.3 Å². The Bertz CT molecular complexity index is 985. The lowest BCUT2D eigenvalue weighted by molar-refractivity contribution is -0.157. The zero-order valence-corrected chi connectivity index (χ0v) is 16.2. The van der Waals surface area contributed by atoms with Crippen molar-refractivity contribution >= 4 is 35.0 Å². The topological polar surface area (TPSA) is 121 Å². The Morgan fingerprint density at radius 1 is 1.36 bits per heavy atom. The molecule has 2 aromatic rings. The van der Waals surface area contributed by atoms with Crippen molar-refractivity contribution in [2.75, 3.05) is 18.1 Å². The summed E-state index contributed by atoms with van der Waals surface area (Å²) in [6.45, 7) is 1.89. The molecule has 0 bridgehead atoms. The van der Waals surface area contributed by atoms with Crippen molar-refractivity contribution in [2.24, 2.45) is 11.8 Å². The number of carbonyl (C=O) groups excluding carboxylic acids is 1. The number of rotatable bonds is 7. The van der Waals surface area contributed by atoms with Crippen LogP contribution in [0.2, 0.25) is 0 Å². The standard InChI is InChI=1S/C19H22N4O4S/c1-10-15-13(4-6-24)18(25)23(15)16(19(26)27)17(10)28-7-5-12-9-22-8-11(20)2-3-14(22)21-12/h2-3,8-10,13,15,24H,4-7,20H2,1H3,(H,26,27)/t10-,13-,15+/m1/s1. The highest BCUT2D eigenvalue weighted by Gasteiger charge is 2.57. The zero-order chi connectivity index (χ0) is 20.0. The number of carboxylic acid groups (broad SMARTS) is 1. The molecule has 0 aromatic carbocycles. The van der Waals surface area contributed by atoms with Gasteiger partial charge in [0.25, 0.3) is 0 Å². The second-order valence-electron chi connectivity index (χ2n) is 7.18. The van der Waals surface area contributed by atoms with E-state index < -0.39 is 5.97 Å². The molecule has 2 aliphatic rings. The number of aromatic nitrogens is 2. The van der Waals surface area contributed by atoms with Crippen LogP contribution in [0.25, 0.3) is 5.65 Å². The molecule has 4 rings (SSSR count). The quantitative estimate of drug-likeness (QED) is 0.598. The van der Waals surface area contributed by atoms with Crippen molar-refractivity contribution < 1.29 is 19.8 Å². The number of β-lactam (4-membered cyclic amide) rings is 1. The molecule has 2 aliphatic heterocycles. The Morgan fingerprint density at radius 3 is 2.86 bits per heavy atom. The SMILES string of the molecule is C[C@H]1C(SCCc2cn3cc(N)ccc3n2)=C(C(=O)O)N2C(=O)[C@H](CCO)[C@H]12. The van der Waals surface area contributed by atoms with Crippen LogP contribution >= 0.6 is 11.8 Å². The fourth-order valence-corrected chi connectivity index (χ4v) is 5.44. The number of thioether (sulfide) groups is 1. The third kappa shape index (κ3) is 2.94. The number of nitrogen functional groups attached to an aromatic ring is 1. The van der Waals surface area contributed by atoms with Gasteiger partial charge in [-0.2, -0.15) is 0 Å². The molecule has 0 aliphatic carbocycles. The van der Waals surface area contributed by atoms with Crippen LogP contribution in [-0.2, 0) is 16.0 Å². The number of aliphatic hydroxyl groups is 1. The van der Waals surface area contributed by atoms with Crippen LogP contribution in [0.1, 0.15) is 19.0 Å². The number of nitrogens with two attached hydrogens (primary N) is 1. The van der Waals surface area contributed by atoms with Gasteiger partial charge in [-0.3, -0.25) is 4.79 Å². The highest BCUT2D eigenvalue weighted by atomic mass is 32.2. The van der Waals surface area contributed by atoms with Crippen LogP contribution in [0.5, 0.6) is 0 Å². The number of fused-ring (bicyclic) bond motifs is 2. The molecule has 28 heavy (non-hydrogen) atoms. The number of anilines is 1. The van der Waals surface area contributed by atoms with Gasteiger partial charge in [0.1, 0.15) is 11.3 Å². The molecule has 0 unspecified atom stereocenters. The van der Waals surface area contributed by atoms with Gasteiger partial charge in [-0.15, -0.1) is 11.8 Å². The van der Waals surface area contributed by atoms with Crippen molar-refractivity contribution in [2.45, 2.75) is 25.8 Å². The third-order valence-corrected chi connectivity index (χ3v) is 6.73. The summed E-state index contributed by atoms with van der Waals surface area (Å²) in [5.41, 5.74) is 8.27. The van der Waals surface area contributed by atoms with E-state index in [2.05, 4.69) is 4.98 Å². The average Bonchev–Trinajstić information content (AvgIpc) is 3.16. The molecule has 3 atom stereocenters. The van der Waals surface area contributed by atoms with Crippen molar-refractivity contribution in [1.29, 1.82) is 0 Å². The number of imidazole rings is 1. The molecule has 0 saturated carbocycles. The second kappa shape index (κ2) is 7.14. The maximum absolute atomic E-state index is 12.3. The van der Waals surface area contributed by atoms with Gasteiger partial charge in [-0.25, -0.2) is 9.78 Å². The van der Waals surface area contributed by atoms with Crippen LogP contribution in [0, 0.1) is 11.8 Å². The summed E-state index contributed by atoms with van der Waals surface area (Å²) in [5.74, 6) is -0.954. The monoisotopic (exact) mass is 402 g/mol. The Kier molecular flexibility index (Phi) is 4.80. The van der Waals surface area contributed by atoms with E-state index in [9.17, 15) is 19.8 Å². The Hall–Kier alpha value is -2.52. The van der Waals surface area contributed by atoms with Crippen molar-refractivity contribution in [3.63, 3.8) is 0 Å². The van der Waals surface area contributed by atoms with E-state index in [1.54, 1.807) is 12.3 Å². The van der Waals surface area contributed by atoms with Gasteiger partial charge in [0.2, 0.25) is 5.91 Å². The number of aliphatic carboxylic acids is 1. The highest BCUT2D eigenvalue weighted by Crippen LogP contribution is 2.50. The van der Waals surface area contributed by atoms with Gasteiger partial charge in [0.15, 0.2) is 0 Å². The molecule has 1 fully saturated rings. The molecular formula is C19H22N4O4S. The number of amides is 1. The van der Waals surface area contributed by atoms with Crippen molar-refractivity contribution in [3.05, 3.63) is 40.8 Å². The lowest BCUT2D eigenvalue weighted by Crippen LogP contribution is -2.60. The van der Waals surface area contributed by atoms with Gasteiger partial charge in [0.05, 0.1) is 17.7 Å². The molecule has 4 N–H and O–H groups in total. The second-order valence-corrected chi connectivity index (χ2v) is 8.32. The fraction of sp³-hybridized carbons (Fsp3) is 0.421. The molecule has 1 saturated heterocycles. The summed E-state index contributed by atoms with van der Waals surface area (Å²) in [7, 11) is 0. The number of aryl methyl sites for hydroxylation is 1. The molecule has 148 valence electrons. The van der Waals surface area contributed by atoms with E-state index in [0.717, 1.165) is 16.2 Å². The van der Waals surface area contributed by atoms with E-state index in [1.165, 1.54) is 16.7 Å². The van der Waals surface area contributed by atoms with Gasteiger partial charge in [-0.1, -0.05) is 6.92 Å². The molecule has 4 heterocycles. The lowest BCUT2D eigenvalue weighted by Gasteiger charge is -2.45. The Morgan fingerprint density at radius 2 is 2.14 bits per heavy atom. The van der Waals surface area contributed by atoms with Gasteiger partial charge >= 0.3 is 5.97 Å². The van der Waals surface area contributed by atoms with E-state index in [-0.39, 0.29) is 36.1 Å². The van der Waals surface area contributed by atoms with E-state index in [4.69, 9.17) is 5.73 Å². The minimum Gasteiger partial charge on any atom is -0.477 e. The van der Waals surface area contributed by atoms with E-state index >= 15 is 0 Å². The summed E-state index contributed by atoms with van der Waals surface area (Å²) < 4.78 is 1.87. The fourth-order valence-electron chi connectivity index (χ4n) is 4.18. The van der Waals surface area contributed by atoms with Crippen LogP contribution in [0.4, 0.5) is 5.69 Å². The summed E-state index contributed by atoms with van der Waals surface area (Å²) in [6.07, 6.45) is 4.78. The molecule has 2 aromatic heterocycles. The minimum absolute atomic E-state index is 0.0498. The minimum atomic E-state index is -1.07. The Labute approximate surface area is 166 Å². The first-order chi connectivity index (χ1) is 13.4. The molecule has 9 heteroatoms. The number of hydrogen-bond donors (Lipinski definition) is 3. The molecule has 1 amide bonds. The van der Waals surface area contributed by atoms with Crippen LogP contribution in [-0.4, -0.2) is 54.8 Å². The summed E-state index contributed by atoms with van der Waals surface area (Å²) in [6, 6.07) is 3.50. The van der Waals surface area contributed by atoms with Crippen LogP contribution in [0.3, 0.4) is 0 Å². The first-order valence-corrected chi connectivity index (χ1v) is 10.2. The Balaban J connectivity index is 1.48. The van der Waals surface area contributed by atoms with Gasteiger partial charge in [0, 0.05) is 47.7 Å². The number of nitrogens with zero attached hydrogens (tertiary/aromatic N) is 3. The first kappa shape index (κ1) is 18.8. The smallest absolute Gasteiger partial charge is 0.353 e. The summed E-state index contributed by atoms with van der Waals surface area (Å²) in [4.78, 5) is 30.8. The predicted molar refractivity (Wildman–Crippen MR) is 105 cm³/mol. The van der Waals surface area contributed by atoms with E-state index in [1.807, 2.05) is 23.6 Å². The summed E-state index contributed by atoms with van der Waals surface area (Å²) >= 11 is 1.47.